The predicted molar refractivity (Wildman–Crippen MR) is 101 cm³/mol. The Bertz CT molecular complexity index is 933. The number of ether oxygens (including phenoxy) is 1. The van der Waals surface area contributed by atoms with Crippen LogP contribution in [0.25, 0.3) is 10.9 Å². The van der Waals surface area contributed by atoms with Crippen molar-refractivity contribution in [2.45, 2.75) is 17.1 Å². The Morgan fingerprint density at radius 2 is 1.80 bits per heavy atom. The maximum Gasteiger partial charge on any atom is 0.340 e. The molecule has 3 aromatic rings. The summed E-state index contributed by atoms with van der Waals surface area (Å²) in [6.07, 6.45) is 1.55. The van der Waals surface area contributed by atoms with Crippen LogP contribution in [0.3, 0.4) is 0 Å². The summed E-state index contributed by atoms with van der Waals surface area (Å²) in [6, 6.07) is 14.6. The molecule has 2 aromatic carbocycles. The molecule has 0 spiro atoms. The number of rotatable bonds is 4. The highest BCUT2D eigenvalue weighted by molar-refractivity contribution is 8.00. The number of thioether (sulfide) groups is 1. The van der Waals surface area contributed by atoms with Gasteiger partial charge in [0.05, 0.1) is 23.4 Å². The highest BCUT2D eigenvalue weighted by Gasteiger charge is 2.22. The molecule has 3 rings (SSSR count). The van der Waals surface area contributed by atoms with Gasteiger partial charge in [0.25, 0.3) is 0 Å². The van der Waals surface area contributed by atoms with E-state index in [4.69, 9.17) is 16.3 Å². The van der Waals surface area contributed by atoms with Crippen LogP contribution >= 0.6 is 23.4 Å². The minimum Gasteiger partial charge on any atom is -0.465 e. The molecule has 0 radical (unpaired) electrons. The molecule has 0 saturated carbocycles. The summed E-state index contributed by atoms with van der Waals surface area (Å²) in [5, 5.41) is 1.02. The van der Waals surface area contributed by atoms with Crippen LogP contribution in [0.1, 0.15) is 22.1 Å². The van der Waals surface area contributed by atoms with E-state index in [-0.39, 0.29) is 11.2 Å². The van der Waals surface area contributed by atoms with Crippen LogP contribution in [0.2, 0.25) is 5.02 Å². The minimum atomic E-state index is -0.458. The van der Waals surface area contributed by atoms with Gasteiger partial charge in [-0.15, -0.1) is 11.8 Å². The zero-order chi connectivity index (χ0) is 18.0. The predicted octanol–water partition coefficient (Wildman–Crippen LogP) is 4.90. The molecule has 0 aliphatic rings. The van der Waals surface area contributed by atoms with E-state index in [1.165, 1.54) is 23.4 Å². The van der Waals surface area contributed by atoms with E-state index in [0.717, 1.165) is 4.90 Å². The first-order chi connectivity index (χ1) is 12.0. The van der Waals surface area contributed by atoms with Crippen molar-refractivity contribution in [3.63, 3.8) is 0 Å². The molecular formula is C19H16ClNO3S. The number of esters is 1. The third kappa shape index (κ3) is 3.57. The zero-order valence-corrected chi connectivity index (χ0v) is 15.3. The van der Waals surface area contributed by atoms with E-state index in [1.807, 2.05) is 43.3 Å². The van der Waals surface area contributed by atoms with Gasteiger partial charge in [0.1, 0.15) is 0 Å². The van der Waals surface area contributed by atoms with Gasteiger partial charge in [-0.3, -0.25) is 9.36 Å². The Labute approximate surface area is 154 Å². The second kappa shape index (κ2) is 7.33. The van der Waals surface area contributed by atoms with Crippen LogP contribution in [-0.4, -0.2) is 28.8 Å². The number of hydrogen-bond donors (Lipinski definition) is 0. The SMILES string of the molecule is COC(=O)c1cn(C(=O)C(C)Sc2ccc(Cl)cc2)c2ccccc12. The van der Waals surface area contributed by atoms with Gasteiger partial charge in [-0.1, -0.05) is 29.8 Å². The van der Waals surface area contributed by atoms with Crippen LogP contribution in [0.15, 0.2) is 59.6 Å². The molecule has 128 valence electrons. The van der Waals surface area contributed by atoms with Crippen LogP contribution in [-0.2, 0) is 4.74 Å². The van der Waals surface area contributed by atoms with Crippen molar-refractivity contribution in [2.24, 2.45) is 0 Å². The lowest BCUT2D eigenvalue weighted by molar-refractivity contribution is 0.0603. The zero-order valence-electron chi connectivity index (χ0n) is 13.7. The Hall–Kier alpha value is -2.24. The number of methoxy groups -OCH3 is 1. The number of para-hydroxylation sites is 1. The summed E-state index contributed by atoms with van der Waals surface area (Å²) < 4.78 is 6.35. The maximum absolute atomic E-state index is 12.9. The van der Waals surface area contributed by atoms with Gasteiger partial charge < -0.3 is 4.74 Å². The fourth-order valence-electron chi connectivity index (χ4n) is 2.60. The molecule has 0 aliphatic heterocycles. The van der Waals surface area contributed by atoms with Crippen molar-refractivity contribution in [3.8, 4) is 0 Å². The second-order valence-corrected chi connectivity index (χ2v) is 7.32. The molecule has 0 N–H and O–H groups in total. The number of aromatic nitrogens is 1. The van der Waals surface area contributed by atoms with Crippen LogP contribution in [0, 0.1) is 0 Å². The summed E-state index contributed by atoms with van der Waals surface area (Å²) in [4.78, 5) is 25.9. The average molecular weight is 374 g/mol. The molecule has 6 heteroatoms. The Morgan fingerprint density at radius 3 is 2.48 bits per heavy atom. The van der Waals surface area contributed by atoms with Gasteiger partial charge in [-0.05, 0) is 37.3 Å². The summed E-state index contributed by atoms with van der Waals surface area (Å²) in [7, 11) is 1.33. The molecule has 1 unspecified atom stereocenters. The Morgan fingerprint density at radius 1 is 1.12 bits per heavy atom. The third-order valence-corrected chi connectivity index (χ3v) is 5.18. The van der Waals surface area contributed by atoms with Gasteiger partial charge in [0.2, 0.25) is 5.91 Å². The van der Waals surface area contributed by atoms with Crippen molar-refractivity contribution >= 4 is 46.1 Å². The van der Waals surface area contributed by atoms with E-state index in [2.05, 4.69) is 0 Å². The van der Waals surface area contributed by atoms with Gasteiger partial charge in [0, 0.05) is 21.5 Å². The van der Waals surface area contributed by atoms with Gasteiger partial charge in [0.15, 0.2) is 0 Å². The molecular weight excluding hydrogens is 358 g/mol. The maximum atomic E-state index is 12.9. The summed E-state index contributed by atoms with van der Waals surface area (Å²) in [6.45, 7) is 1.84. The van der Waals surface area contributed by atoms with E-state index >= 15 is 0 Å². The summed E-state index contributed by atoms with van der Waals surface area (Å²) in [5.41, 5.74) is 1.08. The molecule has 1 heterocycles. The second-order valence-electron chi connectivity index (χ2n) is 5.47. The molecule has 0 saturated heterocycles. The minimum absolute atomic E-state index is 0.105. The number of carbonyl (C=O) groups is 2. The van der Waals surface area contributed by atoms with E-state index < -0.39 is 5.97 Å². The quantitative estimate of drug-likeness (QED) is 0.482. The first kappa shape index (κ1) is 17.6. The number of hydrogen-bond acceptors (Lipinski definition) is 4. The molecule has 25 heavy (non-hydrogen) atoms. The number of carbonyl (C=O) groups excluding carboxylic acids is 2. The third-order valence-electron chi connectivity index (χ3n) is 3.83. The first-order valence-corrected chi connectivity index (χ1v) is 8.92. The smallest absolute Gasteiger partial charge is 0.340 e. The molecule has 1 aromatic heterocycles. The molecule has 4 nitrogen and oxygen atoms in total. The Kier molecular flexibility index (Phi) is 5.16. The first-order valence-electron chi connectivity index (χ1n) is 7.66. The highest BCUT2D eigenvalue weighted by atomic mass is 35.5. The van der Waals surface area contributed by atoms with E-state index in [9.17, 15) is 9.59 Å². The number of nitrogens with zero attached hydrogens (tertiary/aromatic N) is 1. The fraction of sp³-hybridized carbons (Fsp3) is 0.158. The van der Waals surface area contributed by atoms with Gasteiger partial charge >= 0.3 is 5.97 Å². The fourth-order valence-corrected chi connectivity index (χ4v) is 3.64. The topological polar surface area (TPSA) is 48.3 Å². The highest BCUT2D eigenvalue weighted by Crippen LogP contribution is 2.28. The van der Waals surface area contributed by atoms with Crippen LogP contribution in [0.4, 0.5) is 0 Å². The average Bonchev–Trinajstić information content (AvgIpc) is 3.02. The summed E-state index contributed by atoms with van der Waals surface area (Å²) >= 11 is 7.34. The van der Waals surface area contributed by atoms with E-state index in [1.54, 1.807) is 18.3 Å². The lowest BCUT2D eigenvalue weighted by Gasteiger charge is -2.12. The number of halogens is 1. The molecule has 0 amide bonds. The van der Waals surface area contributed by atoms with E-state index in [0.29, 0.717) is 21.5 Å². The number of benzene rings is 2. The number of fused-ring (bicyclic) bond motifs is 1. The van der Waals surface area contributed by atoms with Gasteiger partial charge in [-0.25, -0.2) is 4.79 Å². The van der Waals surface area contributed by atoms with Crippen LogP contribution < -0.4 is 0 Å². The van der Waals surface area contributed by atoms with Crippen molar-refractivity contribution in [2.75, 3.05) is 7.11 Å². The van der Waals surface area contributed by atoms with Crippen molar-refractivity contribution < 1.29 is 14.3 Å². The summed E-state index contributed by atoms with van der Waals surface area (Å²) in [5.74, 6) is -0.563. The molecule has 1 atom stereocenters. The Balaban J connectivity index is 1.93. The lowest BCUT2D eigenvalue weighted by Crippen LogP contribution is -2.20. The van der Waals surface area contributed by atoms with Crippen molar-refractivity contribution in [3.05, 3.63) is 65.3 Å². The van der Waals surface area contributed by atoms with Crippen molar-refractivity contribution in [1.29, 1.82) is 0 Å². The molecule has 0 fully saturated rings. The van der Waals surface area contributed by atoms with Gasteiger partial charge in [-0.2, -0.15) is 0 Å². The van der Waals surface area contributed by atoms with Crippen LogP contribution in [0.5, 0.6) is 0 Å². The normalized spacial score (nSPS) is 12.1. The lowest BCUT2D eigenvalue weighted by atomic mass is 10.2. The van der Waals surface area contributed by atoms with Crippen molar-refractivity contribution in [1.82, 2.24) is 4.57 Å². The standard InChI is InChI=1S/C19H16ClNO3S/c1-12(25-14-9-7-13(20)8-10-14)18(22)21-11-16(19(23)24-2)15-5-3-4-6-17(15)21/h3-12H,1-2H3. The molecule has 0 aliphatic carbocycles. The molecule has 0 bridgehead atoms. The monoisotopic (exact) mass is 373 g/mol. The largest absolute Gasteiger partial charge is 0.465 e.